The molecule has 2 rings (SSSR count). The highest BCUT2D eigenvalue weighted by atomic mass is 19.1. The molecule has 3 nitrogen and oxygen atoms in total. The lowest BCUT2D eigenvalue weighted by Crippen LogP contribution is -2.34. The molecule has 1 unspecified atom stereocenters. The average molecular weight is 208 g/mol. The monoisotopic (exact) mass is 208 g/mol. The molecule has 0 spiro atoms. The van der Waals surface area contributed by atoms with E-state index in [2.05, 4.69) is 4.98 Å². The molecule has 0 aromatic carbocycles. The van der Waals surface area contributed by atoms with E-state index < -0.39 is 5.95 Å². The molecule has 0 bridgehead atoms. The zero-order valence-corrected chi connectivity index (χ0v) is 8.61. The lowest BCUT2D eigenvalue weighted by atomic mass is 10.2. The Morgan fingerprint density at radius 2 is 2.40 bits per heavy atom. The summed E-state index contributed by atoms with van der Waals surface area (Å²) < 4.78 is 12.8. The summed E-state index contributed by atoms with van der Waals surface area (Å²) in [7, 11) is 0. The van der Waals surface area contributed by atoms with Crippen LogP contribution in [0.4, 0.5) is 4.39 Å². The summed E-state index contributed by atoms with van der Waals surface area (Å²) in [6.07, 6.45) is 2.03. The van der Waals surface area contributed by atoms with Gasteiger partial charge in [0.2, 0.25) is 5.95 Å². The zero-order chi connectivity index (χ0) is 10.8. The molecule has 1 aromatic rings. The fourth-order valence-electron chi connectivity index (χ4n) is 1.91. The quantitative estimate of drug-likeness (QED) is 0.660. The van der Waals surface area contributed by atoms with Crippen LogP contribution in [0.2, 0.25) is 0 Å². The van der Waals surface area contributed by atoms with E-state index in [9.17, 15) is 9.18 Å². The number of pyridine rings is 1. The van der Waals surface area contributed by atoms with Gasteiger partial charge in [0.1, 0.15) is 5.69 Å². The van der Waals surface area contributed by atoms with Crippen molar-refractivity contribution in [3.63, 3.8) is 0 Å². The van der Waals surface area contributed by atoms with Gasteiger partial charge in [-0.15, -0.1) is 0 Å². The van der Waals surface area contributed by atoms with Crippen molar-refractivity contribution >= 4 is 5.91 Å². The van der Waals surface area contributed by atoms with Crippen LogP contribution in [0, 0.1) is 5.95 Å². The SMILES string of the molecule is CC1CCCN1C(=O)c1cccc(F)n1. The first-order chi connectivity index (χ1) is 7.18. The predicted molar refractivity (Wildman–Crippen MR) is 53.9 cm³/mol. The summed E-state index contributed by atoms with van der Waals surface area (Å²) >= 11 is 0. The molecular formula is C11H13FN2O. The van der Waals surface area contributed by atoms with Crippen LogP contribution in [0.3, 0.4) is 0 Å². The average Bonchev–Trinajstić information content (AvgIpc) is 2.63. The molecule has 1 aromatic heterocycles. The third-order valence-electron chi connectivity index (χ3n) is 2.75. The minimum atomic E-state index is -0.604. The van der Waals surface area contributed by atoms with Crippen molar-refractivity contribution in [2.75, 3.05) is 6.54 Å². The van der Waals surface area contributed by atoms with Crippen LogP contribution >= 0.6 is 0 Å². The van der Waals surface area contributed by atoms with Gasteiger partial charge in [0.05, 0.1) is 0 Å². The molecule has 0 N–H and O–H groups in total. The number of amides is 1. The van der Waals surface area contributed by atoms with E-state index in [0.29, 0.717) is 0 Å². The maximum atomic E-state index is 12.8. The molecular weight excluding hydrogens is 195 g/mol. The molecule has 2 heterocycles. The zero-order valence-electron chi connectivity index (χ0n) is 8.61. The molecule has 1 amide bonds. The van der Waals surface area contributed by atoms with Crippen LogP contribution in [0.25, 0.3) is 0 Å². The fourth-order valence-corrected chi connectivity index (χ4v) is 1.91. The van der Waals surface area contributed by atoms with Gasteiger partial charge in [0.15, 0.2) is 0 Å². The van der Waals surface area contributed by atoms with Crippen LogP contribution in [-0.4, -0.2) is 28.4 Å². The van der Waals surface area contributed by atoms with Crippen LogP contribution < -0.4 is 0 Å². The number of halogens is 1. The number of carbonyl (C=O) groups excluding carboxylic acids is 1. The van der Waals surface area contributed by atoms with Crippen molar-refractivity contribution in [3.8, 4) is 0 Å². The van der Waals surface area contributed by atoms with E-state index in [4.69, 9.17) is 0 Å². The molecule has 1 saturated heterocycles. The number of nitrogens with zero attached hydrogens (tertiary/aromatic N) is 2. The largest absolute Gasteiger partial charge is 0.335 e. The van der Waals surface area contributed by atoms with E-state index in [1.54, 1.807) is 11.0 Å². The van der Waals surface area contributed by atoms with Gasteiger partial charge in [-0.1, -0.05) is 6.07 Å². The number of likely N-dealkylation sites (tertiary alicyclic amines) is 1. The highest BCUT2D eigenvalue weighted by Crippen LogP contribution is 2.18. The summed E-state index contributed by atoms with van der Waals surface area (Å²) in [4.78, 5) is 17.3. The van der Waals surface area contributed by atoms with Gasteiger partial charge in [-0.2, -0.15) is 4.39 Å². The molecule has 1 aliphatic rings. The first-order valence-corrected chi connectivity index (χ1v) is 5.12. The highest BCUT2D eigenvalue weighted by Gasteiger charge is 2.26. The molecule has 15 heavy (non-hydrogen) atoms. The van der Waals surface area contributed by atoms with E-state index >= 15 is 0 Å². The second kappa shape index (κ2) is 3.96. The van der Waals surface area contributed by atoms with Crippen molar-refractivity contribution in [2.45, 2.75) is 25.8 Å². The van der Waals surface area contributed by atoms with Crippen molar-refractivity contribution < 1.29 is 9.18 Å². The molecule has 1 atom stereocenters. The minimum Gasteiger partial charge on any atom is -0.335 e. The Hall–Kier alpha value is -1.45. The number of aromatic nitrogens is 1. The Balaban J connectivity index is 2.20. The number of hydrogen-bond donors (Lipinski definition) is 0. The first-order valence-electron chi connectivity index (χ1n) is 5.12. The molecule has 1 aliphatic heterocycles. The lowest BCUT2D eigenvalue weighted by molar-refractivity contribution is 0.0740. The molecule has 0 saturated carbocycles. The van der Waals surface area contributed by atoms with Gasteiger partial charge in [-0.05, 0) is 31.9 Å². The third kappa shape index (κ3) is 1.98. The summed E-state index contributed by atoms with van der Waals surface area (Å²) in [6.45, 7) is 2.75. The van der Waals surface area contributed by atoms with Gasteiger partial charge in [0.25, 0.3) is 5.91 Å². The van der Waals surface area contributed by atoms with Crippen molar-refractivity contribution in [2.24, 2.45) is 0 Å². The maximum Gasteiger partial charge on any atom is 0.272 e. The summed E-state index contributed by atoms with van der Waals surface area (Å²) in [5, 5.41) is 0. The Kier molecular flexibility index (Phi) is 2.66. The van der Waals surface area contributed by atoms with Gasteiger partial charge in [-0.3, -0.25) is 4.79 Å². The van der Waals surface area contributed by atoms with Crippen LogP contribution in [0.15, 0.2) is 18.2 Å². The molecule has 4 heteroatoms. The third-order valence-corrected chi connectivity index (χ3v) is 2.75. The van der Waals surface area contributed by atoms with Crippen molar-refractivity contribution in [1.82, 2.24) is 9.88 Å². The van der Waals surface area contributed by atoms with E-state index in [-0.39, 0.29) is 17.6 Å². The summed E-state index contributed by atoms with van der Waals surface area (Å²) in [5.41, 5.74) is 0.198. The van der Waals surface area contributed by atoms with Crippen molar-refractivity contribution in [3.05, 3.63) is 29.8 Å². The van der Waals surface area contributed by atoms with E-state index in [0.717, 1.165) is 19.4 Å². The number of carbonyl (C=O) groups is 1. The normalized spacial score (nSPS) is 20.7. The summed E-state index contributed by atoms with van der Waals surface area (Å²) in [6, 6.07) is 4.54. The van der Waals surface area contributed by atoms with E-state index in [1.165, 1.54) is 12.1 Å². The highest BCUT2D eigenvalue weighted by molar-refractivity contribution is 5.92. The molecule has 0 radical (unpaired) electrons. The van der Waals surface area contributed by atoms with Crippen molar-refractivity contribution in [1.29, 1.82) is 0 Å². The van der Waals surface area contributed by atoms with Gasteiger partial charge in [-0.25, -0.2) is 4.98 Å². The first kappa shape index (κ1) is 10.1. The van der Waals surface area contributed by atoms with Gasteiger partial charge >= 0.3 is 0 Å². The predicted octanol–water partition coefficient (Wildman–Crippen LogP) is 1.85. The summed E-state index contributed by atoms with van der Waals surface area (Å²) in [5.74, 6) is -0.771. The fraction of sp³-hybridized carbons (Fsp3) is 0.455. The second-order valence-corrected chi connectivity index (χ2v) is 3.84. The minimum absolute atomic E-state index is 0.167. The Morgan fingerprint density at radius 1 is 1.60 bits per heavy atom. The molecule has 0 aliphatic carbocycles. The Morgan fingerprint density at radius 3 is 3.00 bits per heavy atom. The van der Waals surface area contributed by atoms with Crippen LogP contribution in [-0.2, 0) is 0 Å². The van der Waals surface area contributed by atoms with Gasteiger partial charge in [0, 0.05) is 12.6 Å². The topological polar surface area (TPSA) is 33.2 Å². The van der Waals surface area contributed by atoms with E-state index in [1.807, 2.05) is 6.92 Å². The molecule has 1 fully saturated rings. The maximum absolute atomic E-state index is 12.8. The smallest absolute Gasteiger partial charge is 0.272 e. The number of rotatable bonds is 1. The number of hydrogen-bond acceptors (Lipinski definition) is 2. The standard InChI is InChI=1S/C11H13FN2O/c1-8-4-3-7-14(8)11(15)9-5-2-6-10(12)13-9/h2,5-6,8H,3-4,7H2,1H3. The van der Waals surface area contributed by atoms with Gasteiger partial charge < -0.3 is 4.90 Å². The Bertz CT molecular complexity index is 381. The lowest BCUT2D eigenvalue weighted by Gasteiger charge is -2.20. The van der Waals surface area contributed by atoms with Crippen LogP contribution in [0.1, 0.15) is 30.3 Å². The molecule has 80 valence electrons. The second-order valence-electron chi connectivity index (χ2n) is 3.84. The van der Waals surface area contributed by atoms with Crippen LogP contribution in [0.5, 0.6) is 0 Å². The Labute approximate surface area is 87.9 Å².